The average molecular weight is 87.1 g/mol. The number of hydrogen-bond donors (Lipinski definition) is 1. The van der Waals surface area contributed by atoms with Crippen LogP contribution in [0.5, 0.6) is 0 Å². The first-order chi connectivity index (χ1) is 2.79. The lowest BCUT2D eigenvalue weighted by molar-refractivity contribution is 0.223. The summed E-state index contributed by atoms with van der Waals surface area (Å²) in [6.07, 6.45) is 0. The molecule has 0 bridgehead atoms. The molecule has 0 aliphatic carbocycles. The molecule has 1 rings (SSSR count). The molecule has 6 heavy (non-hydrogen) atoms. The highest BCUT2D eigenvalue weighted by molar-refractivity contribution is 4.82. The highest BCUT2D eigenvalue weighted by Gasteiger charge is 2.12. The van der Waals surface area contributed by atoms with Crippen LogP contribution < -0.4 is 5.73 Å². The second-order valence-electron chi connectivity index (χ2n) is 1.61. The zero-order valence-corrected chi connectivity index (χ0v) is 3.42. The van der Waals surface area contributed by atoms with E-state index in [0.717, 1.165) is 5.06 Å². The fourth-order valence-electron chi connectivity index (χ4n) is 0.470. The van der Waals surface area contributed by atoms with E-state index in [9.17, 15) is 5.21 Å². The van der Waals surface area contributed by atoms with Gasteiger partial charge in [0.15, 0.2) is 0 Å². The molecule has 1 aliphatic rings. The molecular weight excluding hydrogens is 80.0 g/mol. The van der Waals surface area contributed by atoms with Gasteiger partial charge in [0.1, 0.15) is 0 Å². The topological polar surface area (TPSA) is 52.3 Å². The monoisotopic (exact) mass is 87.1 g/mol. The summed E-state index contributed by atoms with van der Waals surface area (Å²) in [5.41, 5.74) is 5.23. The van der Waals surface area contributed by atoms with Gasteiger partial charge >= 0.3 is 0 Å². The summed E-state index contributed by atoms with van der Waals surface area (Å²) in [6.45, 7) is 1.06. The molecule has 1 aliphatic heterocycles. The van der Waals surface area contributed by atoms with E-state index < -0.39 is 0 Å². The van der Waals surface area contributed by atoms with E-state index >= 15 is 0 Å². The third-order valence-corrected chi connectivity index (χ3v) is 0.876. The van der Waals surface area contributed by atoms with Crippen LogP contribution in [0.2, 0.25) is 0 Å². The van der Waals surface area contributed by atoms with Crippen molar-refractivity contribution in [1.29, 1.82) is 0 Å². The van der Waals surface area contributed by atoms with Crippen molar-refractivity contribution in [3.8, 4) is 0 Å². The van der Waals surface area contributed by atoms with Crippen LogP contribution in [0, 0.1) is 5.21 Å². The minimum Gasteiger partial charge on any atom is -0.785 e. The Morgan fingerprint density at radius 1 is 1.67 bits per heavy atom. The van der Waals surface area contributed by atoms with Gasteiger partial charge in [-0.2, -0.15) is 0 Å². The Balaban J connectivity index is 2.11. The van der Waals surface area contributed by atoms with Crippen molar-refractivity contribution in [2.45, 2.75) is 6.04 Å². The maximum atomic E-state index is 9.95. The molecule has 0 aromatic heterocycles. The van der Waals surface area contributed by atoms with Crippen molar-refractivity contribution in [2.24, 2.45) is 5.73 Å². The van der Waals surface area contributed by atoms with E-state index in [2.05, 4.69) is 0 Å². The number of nitrogens with zero attached hydrogens (tertiary/aromatic N) is 1. The van der Waals surface area contributed by atoms with E-state index in [1.165, 1.54) is 0 Å². The van der Waals surface area contributed by atoms with E-state index in [-0.39, 0.29) is 6.04 Å². The molecule has 2 N–H and O–H groups in total. The van der Waals surface area contributed by atoms with Gasteiger partial charge in [-0.3, -0.25) is 0 Å². The molecule has 0 spiro atoms. The van der Waals surface area contributed by atoms with Gasteiger partial charge in [0.25, 0.3) is 0 Å². The van der Waals surface area contributed by atoms with Crippen molar-refractivity contribution in [1.82, 2.24) is 5.06 Å². The van der Waals surface area contributed by atoms with Gasteiger partial charge in [0.2, 0.25) is 0 Å². The van der Waals surface area contributed by atoms with Crippen LogP contribution in [0.15, 0.2) is 0 Å². The molecule has 0 atom stereocenters. The predicted molar refractivity (Wildman–Crippen MR) is 22.9 cm³/mol. The van der Waals surface area contributed by atoms with Gasteiger partial charge in [-0.05, 0) is 0 Å². The third-order valence-electron chi connectivity index (χ3n) is 0.876. The fourth-order valence-corrected chi connectivity index (χ4v) is 0.470. The van der Waals surface area contributed by atoms with Gasteiger partial charge in [-0.25, -0.2) is 0 Å². The molecule has 3 heteroatoms. The Morgan fingerprint density at radius 3 is 2.17 bits per heavy atom. The maximum absolute atomic E-state index is 9.95. The highest BCUT2D eigenvalue weighted by Crippen LogP contribution is 1.99. The molecule has 36 valence electrons. The van der Waals surface area contributed by atoms with Crippen LogP contribution in [0.1, 0.15) is 0 Å². The summed E-state index contributed by atoms with van der Waals surface area (Å²) in [5, 5.41) is 10.9. The number of rotatable bonds is 0. The zero-order valence-electron chi connectivity index (χ0n) is 3.42. The lowest BCUT2D eigenvalue weighted by atomic mass is 10.2. The van der Waals surface area contributed by atoms with E-state index in [1.54, 1.807) is 0 Å². The smallest absolute Gasteiger partial charge is 0.0278 e. The molecule has 0 radical (unpaired) electrons. The lowest BCUT2D eigenvalue weighted by Crippen LogP contribution is -2.52. The Morgan fingerprint density at radius 2 is 2.17 bits per heavy atom. The largest absolute Gasteiger partial charge is 0.785 e. The molecule has 3 nitrogen and oxygen atoms in total. The molecule has 1 saturated heterocycles. The minimum atomic E-state index is 0.155. The van der Waals surface area contributed by atoms with Crippen molar-refractivity contribution >= 4 is 0 Å². The summed E-state index contributed by atoms with van der Waals surface area (Å²) in [6, 6.07) is 0.155. The van der Waals surface area contributed by atoms with Crippen LogP contribution in [-0.2, 0) is 0 Å². The Bertz CT molecular complexity index is 44.8. The zero-order chi connectivity index (χ0) is 4.57. The van der Waals surface area contributed by atoms with Gasteiger partial charge in [0.05, 0.1) is 0 Å². The average Bonchev–Trinajstić information content (AvgIpc) is 1.33. The Hall–Kier alpha value is -0.120. The van der Waals surface area contributed by atoms with Crippen LogP contribution >= 0.6 is 0 Å². The number of nitrogens with two attached hydrogens (primary N) is 1. The SMILES string of the molecule is NC1CN([O-])C1. The van der Waals surface area contributed by atoms with Gasteiger partial charge < -0.3 is 16.0 Å². The lowest BCUT2D eigenvalue weighted by Gasteiger charge is -2.42. The molecule has 0 aromatic carbocycles. The quantitative estimate of drug-likeness (QED) is 0.417. The highest BCUT2D eigenvalue weighted by atomic mass is 16.5. The maximum Gasteiger partial charge on any atom is 0.0278 e. The van der Waals surface area contributed by atoms with Crippen LogP contribution in [-0.4, -0.2) is 24.2 Å². The van der Waals surface area contributed by atoms with Gasteiger partial charge in [-0.15, -0.1) is 0 Å². The normalized spacial score (nSPS) is 27.0. The molecule has 1 heterocycles. The summed E-state index contributed by atoms with van der Waals surface area (Å²) in [5.74, 6) is 0. The second-order valence-corrected chi connectivity index (χ2v) is 1.61. The van der Waals surface area contributed by atoms with E-state index in [1.807, 2.05) is 0 Å². The molecule has 0 unspecified atom stereocenters. The molecule has 0 aromatic rings. The van der Waals surface area contributed by atoms with Crippen LogP contribution in [0.3, 0.4) is 0 Å². The third kappa shape index (κ3) is 0.518. The Kier molecular flexibility index (Phi) is 0.799. The van der Waals surface area contributed by atoms with E-state index in [0.29, 0.717) is 13.1 Å². The minimum absolute atomic E-state index is 0.155. The molecule has 0 saturated carbocycles. The first-order valence-electron chi connectivity index (χ1n) is 1.96. The van der Waals surface area contributed by atoms with Gasteiger partial charge in [-0.1, -0.05) is 0 Å². The fraction of sp³-hybridized carbons (Fsp3) is 1.00. The number of hydroxylamine groups is 2. The number of hydrogen-bond acceptors (Lipinski definition) is 3. The first kappa shape index (κ1) is 4.05. The van der Waals surface area contributed by atoms with Crippen molar-refractivity contribution in [3.63, 3.8) is 0 Å². The molecule has 0 amide bonds. The predicted octanol–water partition coefficient (Wildman–Crippen LogP) is -0.873. The van der Waals surface area contributed by atoms with Crippen LogP contribution in [0.4, 0.5) is 0 Å². The van der Waals surface area contributed by atoms with Crippen molar-refractivity contribution in [3.05, 3.63) is 5.21 Å². The summed E-state index contributed by atoms with van der Waals surface area (Å²) >= 11 is 0. The van der Waals surface area contributed by atoms with E-state index in [4.69, 9.17) is 5.73 Å². The van der Waals surface area contributed by atoms with Crippen LogP contribution in [0.25, 0.3) is 0 Å². The standard InChI is InChI=1S/C3H7N2O/c4-3-1-5(6)2-3/h3H,1-2,4H2/q-1. The summed E-state index contributed by atoms with van der Waals surface area (Å²) < 4.78 is 0. The van der Waals surface area contributed by atoms with Crippen molar-refractivity contribution < 1.29 is 0 Å². The second kappa shape index (κ2) is 1.18. The Labute approximate surface area is 36.3 Å². The first-order valence-corrected chi connectivity index (χ1v) is 1.96. The molecule has 1 fully saturated rings. The summed E-state index contributed by atoms with van der Waals surface area (Å²) in [4.78, 5) is 0. The van der Waals surface area contributed by atoms with Gasteiger partial charge in [0, 0.05) is 19.1 Å². The molecular formula is C3H7N2O-. The van der Waals surface area contributed by atoms with Crippen molar-refractivity contribution in [2.75, 3.05) is 13.1 Å². The summed E-state index contributed by atoms with van der Waals surface area (Å²) in [7, 11) is 0.